The topological polar surface area (TPSA) is 126 Å². The number of benzene rings is 2. The van der Waals surface area contributed by atoms with E-state index < -0.39 is 30.1 Å². The number of alkyl halides is 3. The molecule has 3 heterocycles. The number of aliphatic imine (C=N–C) groups is 1. The summed E-state index contributed by atoms with van der Waals surface area (Å²) in [5.74, 6) is -0.392. The average molecular weight is 549 g/mol. The van der Waals surface area contributed by atoms with E-state index in [-0.39, 0.29) is 35.5 Å². The van der Waals surface area contributed by atoms with Crippen molar-refractivity contribution in [3.63, 3.8) is 0 Å². The van der Waals surface area contributed by atoms with E-state index in [1.165, 1.54) is 0 Å². The number of ketones is 1. The number of anilines is 2. The third-order valence-electron chi connectivity index (χ3n) is 6.93. The quantitative estimate of drug-likeness (QED) is 0.322. The summed E-state index contributed by atoms with van der Waals surface area (Å²) in [6.45, 7) is 0. The Morgan fingerprint density at radius 2 is 1.75 bits per heavy atom. The van der Waals surface area contributed by atoms with Crippen molar-refractivity contribution < 1.29 is 27.5 Å². The van der Waals surface area contributed by atoms with Gasteiger partial charge in [-0.05, 0) is 24.5 Å². The maximum atomic E-state index is 13.4. The first-order valence-electron chi connectivity index (χ1n) is 12.6. The van der Waals surface area contributed by atoms with Gasteiger partial charge in [-0.2, -0.15) is 13.2 Å². The van der Waals surface area contributed by atoms with E-state index in [0.29, 0.717) is 24.8 Å². The lowest BCUT2D eigenvalue weighted by Crippen LogP contribution is -2.42. The highest BCUT2D eigenvalue weighted by Gasteiger charge is 2.35. The zero-order valence-corrected chi connectivity index (χ0v) is 20.9. The van der Waals surface area contributed by atoms with E-state index in [1.807, 2.05) is 54.6 Å². The number of fused-ring (bicyclic) bond motifs is 1. The summed E-state index contributed by atoms with van der Waals surface area (Å²) in [7, 11) is 0. The van der Waals surface area contributed by atoms with Gasteiger partial charge in [0.1, 0.15) is 0 Å². The van der Waals surface area contributed by atoms with E-state index in [1.54, 1.807) is 0 Å². The molecule has 1 fully saturated rings. The molecule has 3 N–H and O–H groups in total. The monoisotopic (exact) mass is 548 g/mol. The maximum Gasteiger partial charge on any atom is 0.417 e. The number of halogens is 3. The van der Waals surface area contributed by atoms with Crippen molar-refractivity contribution in [1.29, 1.82) is 0 Å². The number of aliphatic hydroxyl groups is 1. The minimum Gasteiger partial charge on any atom is -0.402 e. The number of nitrogens with one attached hydrogen (secondary N) is 2. The van der Waals surface area contributed by atoms with Gasteiger partial charge in [-0.1, -0.05) is 59.7 Å². The number of Topliss-reactive ketones (excluding diaryl/α,β-unsaturated/α-hetero) is 1. The van der Waals surface area contributed by atoms with Crippen molar-refractivity contribution in [2.24, 2.45) is 4.99 Å². The fraction of sp³-hybridized carbons (Fsp3) is 0.250. The van der Waals surface area contributed by atoms with Crippen molar-refractivity contribution in [2.75, 3.05) is 10.6 Å². The first kappa shape index (κ1) is 25.7. The van der Waals surface area contributed by atoms with Crippen molar-refractivity contribution in [3.05, 3.63) is 89.1 Å². The van der Waals surface area contributed by atoms with Crippen LogP contribution in [-0.2, 0) is 17.4 Å². The number of rotatable bonds is 6. The van der Waals surface area contributed by atoms with E-state index in [2.05, 4.69) is 25.8 Å². The van der Waals surface area contributed by atoms with Crippen LogP contribution >= 0.6 is 0 Å². The number of pyridine rings is 1. The smallest absolute Gasteiger partial charge is 0.402 e. The van der Waals surface area contributed by atoms with Gasteiger partial charge >= 0.3 is 12.2 Å². The minimum absolute atomic E-state index is 0.000785. The van der Waals surface area contributed by atoms with Crippen LogP contribution in [0.3, 0.4) is 0 Å². The van der Waals surface area contributed by atoms with Crippen molar-refractivity contribution >= 4 is 23.2 Å². The predicted molar refractivity (Wildman–Crippen MR) is 140 cm³/mol. The molecule has 0 unspecified atom stereocenters. The van der Waals surface area contributed by atoms with Crippen LogP contribution < -0.4 is 10.6 Å². The summed E-state index contributed by atoms with van der Waals surface area (Å²) in [6, 6.07) is 17.3. The summed E-state index contributed by atoms with van der Waals surface area (Å²) in [6.07, 6.45) is -4.44. The van der Waals surface area contributed by atoms with Crippen LogP contribution in [0.15, 0.2) is 76.3 Å². The lowest BCUT2D eigenvalue weighted by atomic mass is 9.89. The van der Waals surface area contributed by atoms with E-state index in [4.69, 9.17) is 9.41 Å². The third kappa shape index (κ3) is 5.05. The van der Waals surface area contributed by atoms with Crippen LogP contribution in [0, 0.1) is 0 Å². The van der Waals surface area contributed by atoms with Crippen LogP contribution in [0.1, 0.15) is 35.1 Å². The van der Waals surface area contributed by atoms with Gasteiger partial charge in [0.25, 0.3) is 5.89 Å². The maximum absolute atomic E-state index is 13.4. The zero-order valence-electron chi connectivity index (χ0n) is 20.9. The number of hydrogen-bond acceptors (Lipinski definition) is 9. The van der Waals surface area contributed by atoms with Gasteiger partial charge < -0.3 is 20.2 Å². The number of carbonyl (C=O) groups excluding carboxylic acids is 1. The molecule has 4 aromatic rings. The summed E-state index contributed by atoms with van der Waals surface area (Å²) in [5.41, 5.74) is 2.13. The molecule has 40 heavy (non-hydrogen) atoms. The Hall–Kier alpha value is -4.58. The Balaban J connectivity index is 1.32. The third-order valence-corrected chi connectivity index (χ3v) is 6.93. The molecule has 2 aromatic carbocycles. The molecule has 1 aliphatic carbocycles. The first-order valence-corrected chi connectivity index (χ1v) is 12.6. The standard InChI is InChI=1S/C28H23F3N6O3/c29-28(30,31)17-13-20(33-19-10-11-21(19)38)24(32-14-17)26-36-37-27(40-26)35-25-22(39)12-16-8-4-5-9-18(16)23(34-25)15-6-2-1-3-7-15/h1-9,13-14,19,21,25,33,38H,10-12H2,(H,35,37)/t19-,21+,25-/m1/s1. The number of aliphatic hydroxyl groups excluding tert-OH is 1. The zero-order chi connectivity index (χ0) is 27.9. The molecule has 0 amide bonds. The molecule has 3 atom stereocenters. The van der Waals surface area contributed by atoms with Gasteiger partial charge in [0, 0.05) is 23.7 Å². The lowest BCUT2D eigenvalue weighted by molar-refractivity contribution is -0.137. The highest BCUT2D eigenvalue weighted by atomic mass is 19.4. The van der Waals surface area contributed by atoms with Gasteiger partial charge in [0.05, 0.1) is 29.1 Å². The Labute approximate surface area is 226 Å². The van der Waals surface area contributed by atoms with Crippen molar-refractivity contribution in [3.8, 4) is 11.6 Å². The second-order valence-corrected chi connectivity index (χ2v) is 9.62. The summed E-state index contributed by atoms with van der Waals surface area (Å²) in [4.78, 5) is 21.9. The Morgan fingerprint density at radius 1 is 0.975 bits per heavy atom. The molecule has 1 aliphatic heterocycles. The Morgan fingerprint density at radius 3 is 2.48 bits per heavy atom. The van der Waals surface area contributed by atoms with Crippen molar-refractivity contribution in [2.45, 2.75) is 43.8 Å². The van der Waals surface area contributed by atoms with Gasteiger partial charge in [0.2, 0.25) is 0 Å². The molecule has 204 valence electrons. The highest BCUT2D eigenvalue weighted by Crippen LogP contribution is 2.36. The Bertz CT molecular complexity index is 1590. The SMILES string of the molecule is O=C1Cc2ccccc2C(c2ccccc2)=N[C@@H]1Nc1nnc(-c2ncc(C(F)(F)F)cc2N[C@@H]2CC[C@@H]2O)o1. The Kier molecular flexibility index (Phi) is 6.54. The van der Waals surface area contributed by atoms with Gasteiger partial charge in [-0.3, -0.25) is 9.79 Å². The second-order valence-electron chi connectivity index (χ2n) is 9.62. The van der Waals surface area contributed by atoms with E-state index in [9.17, 15) is 23.1 Å². The second kappa shape index (κ2) is 10.2. The van der Waals surface area contributed by atoms with Gasteiger partial charge in [0.15, 0.2) is 17.6 Å². The molecule has 0 radical (unpaired) electrons. The van der Waals surface area contributed by atoms with Crippen LogP contribution in [0.25, 0.3) is 11.6 Å². The number of nitrogens with zero attached hydrogens (tertiary/aromatic N) is 4. The summed E-state index contributed by atoms with van der Waals surface area (Å²) in [5, 5.41) is 23.6. The summed E-state index contributed by atoms with van der Waals surface area (Å²) >= 11 is 0. The van der Waals surface area contributed by atoms with Crippen LogP contribution in [0.5, 0.6) is 0 Å². The molecule has 6 rings (SSSR count). The van der Waals surface area contributed by atoms with Crippen LogP contribution in [0.4, 0.5) is 24.9 Å². The number of aromatic nitrogens is 3. The largest absolute Gasteiger partial charge is 0.417 e. The highest BCUT2D eigenvalue weighted by molar-refractivity contribution is 6.16. The molecule has 12 heteroatoms. The molecule has 9 nitrogen and oxygen atoms in total. The summed E-state index contributed by atoms with van der Waals surface area (Å²) < 4.78 is 45.8. The van der Waals surface area contributed by atoms with Crippen molar-refractivity contribution in [1.82, 2.24) is 15.2 Å². The van der Waals surface area contributed by atoms with Crippen LogP contribution in [0.2, 0.25) is 0 Å². The fourth-order valence-corrected chi connectivity index (χ4v) is 4.64. The molecule has 0 spiro atoms. The molecule has 0 saturated heterocycles. The van der Waals surface area contributed by atoms with E-state index in [0.717, 1.165) is 22.8 Å². The van der Waals surface area contributed by atoms with Gasteiger partial charge in [-0.15, -0.1) is 5.10 Å². The van der Waals surface area contributed by atoms with Crippen LogP contribution in [-0.4, -0.2) is 50.1 Å². The number of carbonyl (C=O) groups is 1. The van der Waals surface area contributed by atoms with E-state index >= 15 is 0 Å². The average Bonchev–Trinajstić information content (AvgIpc) is 3.36. The normalized spacial score (nSPS) is 20.6. The molecular weight excluding hydrogens is 525 g/mol. The first-order chi connectivity index (χ1) is 19.3. The molecule has 2 aliphatic rings. The minimum atomic E-state index is -4.62. The predicted octanol–water partition coefficient (Wildman–Crippen LogP) is 4.49. The fourth-order valence-electron chi connectivity index (χ4n) is 4.64. The molecule has 2 aromatic heterocycles. The molecular formula is C28H23F3N6O3. The number of hydrogen-bond donors (Lipinski definition) is 3. The molecule has 1 saturated carbocycles. The van der Waals surface area contributed by atoms with Gasteiger partial charge in [-0.25, -0.2) is 4.98 Å². The molecule has 0 bridgehead atoms. The lowest BCUT2D eigenvalue weighted by Gasteiger charge is -2.34.